The van der Waals surface area contributed by atoms with Crippen LogP contribution < -0.4 is 5.32 Å². The van der Waals surface area contributed by atoms with Gasteiger partial charge in [0.15, 0.2) is 5.82 Å². The molecule has 0 saturated heterocycles. The highest BCUT2D eigenvalue weighted by molar-refractivity contribution is 7.17. The second kappa shape index (κ2) is 5.11. The zero-order chi connectivity index (χ0) is 13.2. The molecule has 0 aliphatic carbocycles. The van der Waals surface area contributed by atoms with Crippen molar-refractivity contribution in [2.45, 2.75) is 19.4 Å². The first-order valence-corrected chi connectivity index (χ1v) is 7.12. The monoisotopic (exact) mass is 273 g/mol. The second-order valence-electron chi connectivity index (χ2n) is 4.56. The van der Waals surface area contributed by atoms with E-state index in [1.807, 2.05) is 19.2 Å². The van der Waals surface area contributed by atoms with E-state index in [0.29, 0.717) is 11.9 Å². The lowest BCUT2D eigenvalue weighted by Crippen LogP contribution is -2.24. The normalized spacial score (nSPS) is 12.9. The van der Waals surface area contributed by atoms with E-state index in [2.05, 4.69) is 39.9 Å². The number of aromatic nitrogens is 2. The molecule has 4 nitrogen and oxygen atoms in total. The minimum absolute atomic E-state index is 0.338. The predicted octanol–water partition coefficient (Wildman–Crippen LogP) is 3.10. The van der Waals surface area contributed by atoms with Crippen LogP contribution in [-0.2, 0) is 6.42 Å². The summed E-state index contributed by atoms with van der Waals surface area (Å²) in [6.07, 6.45) is 0.766. The van der Waals surface area contributed by atoms with Gasteiger partial charge in [-0.3, -0.25) is 0 Å². The fraction of sp³-hybridized carbons (Fsp3) is 0.286. The quantitative estimate of drug-likeness (QED) is 0.793. The van der Waals surface area contributed by atoms with Crippen molar-refractivity contribution in [3.05, 3.63) is 35.5 Å². The summed E-state index contributed by atoms with van der Waals surface area (Å²) in [4.78, 5) is 4.48. The average molecular weight is 273 g/mol. The van der Waals surface area contributed by atoms with Crippen molar-refractivity contribution >= 4 is 21.4 Å². The number of fused-ring (bicyclic) bond motifs is 1. The van der Waals surface area contributed by atoms with Crippen LogP contribution in [0, 0.1) is 0 Å². The van der Waals surface area contributed by atoms with Crippen LogP contribution in [0.25, 0.3) is 21.5 Å². The molecule has 19 heavy (non-hydrogen) atoms. The maximum Gasteiger partial charge on any atom is 0.259 e. The SMILES string of the molecule is CNC(C)Cc1noc(-c2csc3ccccc23)n1. The summed E-state index contributed by atoms with van der Waals surface area (Å²) in [7, 11) is 1.93. The summed E-state index contributed by atoms with van der Waals surface area (Å²) in [6.45, 7) is 2.09. The van der Waals surface area contributed by atoms with Gasteiger partial charge in [0, 0.05) is 27.9 Å². The molecular weight excluding hydrogens is 258 g/mol. The molecule has 98 valence electrons. The van der Waals surface area contributed by atoms with Crippen molar-refractivity contribution in [2.24, 2.45) is 0 Å². The topological polar surface area (TPSA) is 51.0 Å². The number of nitrogens with one attached hydrogen (secondary N) is 1. The molecule has 0 amide bonds. The van der Waals surface area contributed by atoms with Crippen LogP contribution in [0.5, 0.6) is 0 Å². The van der Waals surface area contributed by atoms with Gasteiger partial charge in [0.25, 0.3) is 5.89 Å². The summed E-state index contributed by atoms with van der Waals surface area (Å²) >= 11 is 1.70. The van der Waals surface area contributed by atoms with E-state index in [0.717, 1.165) is 17.8 Å². The van der Waals surface area contributed by atoms with E-state index >= 15 is 0 Å². The van der Waals surface area contributed by atoms with Crippen molar-refractivity contribution in [3.8, 4) is 11.5 Å². The standard InChI is InChI=1S/C14H15N3OS/c1-9(15-2)7-13-16-14(18-17-13)11-8-19-12-6-4-3-5-10(11)12/h3-6,8-9,15H,7H2,1-2H3. The minimum Gasteiger partial charge on any atom is -0.334 e. The molecule has 3 aromatic rings. The zero-order valence-electron chi connectivity index (χ0n) is 10.9. The summed E-state index contributed by atoms with van der Waals surface area (Å²) < 4.78 is 6.62. The molecule has 0 spiro atoms. The Bertz CT molecular complexity index is 689. The van der Waals surface area contributed by atoms with Crippen LogP contribution in [0.15, 0.2) is 34.2 Å². The van der Waals surface area contributed by atoms with Gasteiger partial charge in [-0.2, -0.15) is 4.98 Å². The Morgan fingerprint density at radius 1 is 1.37 bits per heavy atom. The maximum absolute atomic E-state index is 5.38. The maximum atomic E-state index is 5.38. The minimum atomic E-state index is 0.338. The van der Waals surface area contributed by atoms with Gasteiger partial charge < -0.3 is 9.84 Å². The Morgan fingerprint density at radius 2 is 2.21 bits per heavy atom. The van der Waals surface area contributed by atoms with Gasteiger partial charge in [0.2, 0.25) is 0 Å². The Balaban J connectivity index is 1.94. The molecule has 1 aromatic carbocycles. The molecule has 1 unspecified atom stereocenters. The molecule has 1 atom stereocenters. The molecule has 0 aliphatic rings. The molecule has 0 fully saturated rings. The molecule has 1 N–H and O–H groups in total. The number of benzene rings is 1. The molecule has 0 saturated carbocycles. The zero-order valence-corrected chi connectivity index (χ0v) is 11.7. The Kier molecular flexibility index (Phi) is 3.31. The van der Waals surface area contributed by atoms with Crippen LogP contribution in [0.2, 0.25) is 0 Å². The fourth-order valence-electron chi connectivity index (χ4n) is 1.97. The number of likely N-dealkylation sites (N-methyl/N-ethyl adjacent to an activating group) is 1. The fourth-order valence-corrected chi connectivity index (χ4v) is 2.90. The highest BCUT2D eigenvalue weighted by Gasteiger charge is 2.14. The Morgan fingerprint density at radius 3 is 3.05 bits per heavy atom. The van der Waals surface area contributed by atoms with Crippen LogP contribution in [-0.4, -0.2) is 23.2 Å². The van der Waals surface area contributed by atoms with Gasteiger partial charge >= 0.3 is 0 Å². The molecule has 3 rings (SSSR count). The van der Waals surface area contributed by atoms with Crippen molar-refractivity contribution in [2.75, 3.05) is 7.05 Å². The summed E-state index contributed by atoms with van der Waals surface area (Å²) in [5.41, 5.74) is 1.02. The van der Waals surface area contributed by atoms with E-state index in [9.17, 15) is 0 Å². The third kappa shape index (κ3) is 2.39. The van der Waals surface area contributed by atoms with Gasteiger partial charge in [-0.05, 0) is 20.0 Å². The van der Waals surface area contributed by atoms with Gasteiger partial charge in [0.1, 0.15) is 0 Å². The molecule has 2 aromatic heterocycles. The van der Waals surface area contributed by atoms with Gasteiger partial charge in [-0.1, -0.05) is 23.4 Å². The molecule has 0 radical (unpaired) electrons. The first-order valence-electron chi connectivity index (χ1n) is 6.24. The lowest BCUT2D eigenvalue weighted by atomic mass is 10.2. The van der Waals surface area contributed by atoms with Gasteiger partial charge in [-0.15, -0.1) is 11.3 Å². The largest absolute Gasteiger partial charge is 0.334 e. The third-order valence-electron chi connectivity index (χ3n) is 3.16. The predicted molar refractivity (Wildman–Crippen MR) is 77.3 cm³/mol. The highest BCUT2D eigenvalue weighted by Crippen LogP contribution is 2.32. The van der Waals surface area contributed by atoms with E-state index in [1.54, 1.807) is 11.3 Å². The van der Waals surface area contributed by atoms with Gasteiger partial charge in [-0.25, -0.2) is 0 Å². The van der Waals surface area contributed by atoms with Crippen LogP contribution >= 0.6 is 11.3 Å². The van der Waals surface area contributed by atoms with Crippen molar-refractivity contribution in [3.63, 3.8) is 0 Å². The smallest absolute Gasteiger partial charge is 0.259 e. The molecule has 0 bridgehead atoms. The molecule has 5 heteroatoms. The number of nitrogens with zero attached hydrogens (tertiary/aromatic N) is 2. The van der Waals surface area contributed by atoms with Crippen molar-refractivity contribution in [1.29, 1.82) is 0 Å². The van der Waals surface area contributed by atoms with Crippen molar-refractivity contribution in [1.82, 2.24) is 15.5 Å². The average Bonchev–Trinajstić information content (AvgIpc) is 3.04. The van der Waals surface area contributed by atoms with E-state index in [4.69, 9.17) is 4.52 Å². The Labute approximate surface area is 115 Å². The second-order valence-corrected chi connectivity index (χ2v) is 5.47. The van der Waals surface area contributed by atoms with E-state index < -0.39 is 0 Å². The first-order chi connectivity index (χ1) is 9.28. The van der Waals surface area contributed by atoms with Crippen molar-refractivity contribution < 1.29 is 4.52 Å². The van der Waals surface area contributed by atoms with E-state index in [-0.39, 0.29) is 0 Å². The summed E-state index contributed by atoms with van der Waals surface area (Å²) in [5, 5.41) is 10.5. The Hall–Kier alpha value is -1.72. The molecule has 2 heterocycles. The van der Waals surface area contributed by atoms with Crippen LogP contribution in [0.1, 0.15) is 12.7 Å². The number of thiophene rings is 1. The lowest BCUT2D eigenvalue weighted by Gasteiger charge is -2.04. The van der Waals surface area contributed by atoms with E-state index in [1.165, 1.54) is 10.1 Å². The first kappa shape index (κ1) is 12.3. The van der Waals surface area contributed by atoms with Gasteiger partial charge in [0.05, 0.1) is 5.56 Å². The summed E-state index contributed by atoms with van der Waals surface area (Å²) in [5.74, 6) is 1.35. The number of rotatable bonds is 4. The lowest BCUT2D eigenvalue weighted by molar-refractivity contribution is 0.418. The molecular formula is C14H15N3OS. The highest BCUT2D eigenvalue weighted by atomic mass is 32.1. The third-order valence-corrected chi connectivity index (χ3v) is 4.12. The summed E-state index contributed by atoms with van der Waals surface area (Å²) in [6, 6.07) is 8.59. The van der Waals surface area contributed by atoms with Crippen LogP contribution in [0.3, 0.4) is 0 Å². The number of hydrogen-bond acceptors (Lipinski definition) is 5. The number of hydrogen-bond donors (Lipinski definition) is 1. The van der Waals surface area contributed by atoms with Crippen LogP contribution in [0.4, 0.5) is 0 Å². The molecule has 0 aliphatic heterocycles.